The van der Waals surface area contributed by atoms with Crippen molar-refractivity contribution in [3.63, 3.8) is 0 Å². The minimum Gasteiger partial charge on any atom is -0.496 e. The Morgan fingerprint density at radius 2 is 1.94 bits per heavy atom. The highest BCUT2D eigenvalue weighted by Gasteiger charge is 2.21. The number of thioether (sulfide) groups is 1. The molecule has 0 aliphatic carbocycles. The molecule has 1 unspecified atom stereocenters. The van der Waals surface area contributed by atoms with E-state index in [1.54, 1.807) is 36.4 Å². The van der Waals surface area contributed by atoms with Gasteiger partial charge in [0.2, 0.25) is 5.91 Å². The van der Waals surface area contributed by atoms with Crippen LogP contribution < -0.4 is 15.4 Å². The van der Waals surface area contributed by atoms with Gasteiger partial charge >= 0.3 is 0 Å². The molecule has 0 radical (unpaired) electrons. The van der Waals surface area contributed by atoms with Gasteiger partial charge in [0.25, 0.3) is 5.91 Å². The van der Waals surface area contributed by atoms with Crippen molar-refractivity contribution in [1.82, 2.24) is 20.1 Å². The number of methoxy groups -OCH3 is 1. The fourth-order valence-electron chi connectivity index (χ4n) is 3.25. The maximum Gasteiger partial charge on any atom is 0.255 e. The van der Waals surface area contributed by atoms with E-state index in [1.807, 2.05) is 31.4 Å². The van der Waals surface area contributed by atoms with Crippen LogP contribution >= 0.6 is 23.4 Å². The van der Waals surface area contributed by atoms with Gasteiger partial charge in [-0.15, -0.1) is 10.2 Å². The lowest BCUT2D eigenvalue weighted by atomic mass is 10.1. The van der Waals surface area contributed by atoms with Crippen molar-refractivity contribution >= 4 is 40.9 Å². The van der Waals surface area contributed by atoms with Crippen molar-refractivity contribution in [2.24, 2.45) is 0 Å². The zero-order valence-corrected chi connectivity index (χ0v) is 20.5. The molecule has 174 valence electrons. The SMILES string of the molecule is CCn1c(SCC(=O)Nc2cccc(Cl)c2C)nnc1C(C)NC(=O)c1ccccc1OC. The number of anilines is 1. The van der Waals surface area contributed by atoms with Crippen LogP contribution in [0.4, 0.5) is 5.69 Å². The molecule has 2 N–H and O–H groups in total. The van der Waals surface area contributed by atoms with Gasteiger partial charge < -0.3 is 19.9 Å². The number of para-hydroxylation sites is 1. The second-order valence-corrected chi connectivity index (χ2v) is 8.58. The molecule has 3 aromatic rings. The lowest BCUT2D eigenvalue weighted by Gasteiger charge is -2.16. The molecule has 1 heterocycles. The second-order valence-electron chi connectivity index (χ2n) is 7.23. The molecule has 2 amide bonds. The molecule has 1 aromatic heterocycles. The maximum atomic E-state index is 12.7. The molecule has 8 nitrogen and oxygen atoms in total. The molecule has 2 aromatic carbocycles. The van der Waals surface area contributed by atoms with Crippen LogP contribution in [0.25, 0.3) is 0 Å². The maximum absolute atomic E-state index is 12.7. The average molecular weight is 488 g/mol. The van der Waals surface area contributed by atoms with Crippen molar-refractivity contribution < 1.29 is 14.3 Å². The topological polar surface area (TPSA) is 98.1 Å². The van der Waals surface area contributed by atoms with Crippen molar-refractivity contribution in [3.8, 4) is 5.75 Å². The molecule has 0 saturated heterocycles. The van der Waals surface area contributed by atoms with Gasteiger partial charge in [0, 0.05) is 17.3 Å². The number of rotatable bonds is 9. The predicted molar refractivity (Wildman–Crippen MR) is 130 cm³/mol. The summed E-state index contributed by atoms with van der Waals surface area (Å²) in [6.45, 7) is 6.24. The van der Waals surface area contributed by atoms with Crippen LogP contribution in [0.5, 0.6) is 5.75 Å². The Morgan fingerprint density at radius 1 is 1.18 bits per heavy atom. The van der Waals surface area contributed by atoms with Gasteiger partial charge in [-0.25, -0.2) is 0 Å². The Kier molecular flexibility index (Phi) is 8.35. The Hall–Kier alpha value is -3.04. The summed E-state index contributed by atoms with van der Waals surface area (Å²) in [4.78, 5) is 25.2. The van der Waals surface area contributed by atoms with Crippen LogP contribution in [0.2, 0.25) is 5.02 Å². The molecule has 0 aliphatic rings. The van der Waals surface area contributed by atoms with Crippen LogP contribution in [-0.4, -0.2) is 39.4 Å². The number of halogens is 1. The Bertz CT molecular complexity index is 1150. The zero-order valence-electron chi connectivity index (χ0n) is 18.9. The van der Waals surface area contributed by atoms with Gasteiger partial charge in [0.1, 0.15) is 5.75 Å². The highest BCUT2D eigenvalue weighted by atomic mass is 35.5. The monoisotopic (exact) mass is 487 g/mol. The standard InChI is InChI=1S/C23H26ClN5O3S/c1-5-29-21(15(3)25-22(31)16-9-6-7-12-19(16)32-4)27-28-23(29)33-13-20(30)26-18-11-8-10-17(24)14(18)2/h6-12,15H,5,13H2,1-4H3,(H,25,31)(H,26,30). The van der Waals surface area contributed by atoms with E-state index in [2.05, 4.69) is 20.8 Å². The van der Waals surface area contributed by atoms with E-state index in [-0.39, 0.29) is 17.6 Å². The molecule has 0 saturated carbocycles. The van der Waals surface area contributed by atoms with Gasteiger partial charge in [-0.2, -0.15) is 0 Å². The van der Waals surface area contributed by atoms with Crippen LogP contribution in [-0.2, 0) is 11.3 Å². The van der Waals surface area contributed by atoms with E-state index in [9.17, 15) is 9.59 Å². The third-order valence-electron chi connectivity index (χ3n) is 5.02. The first-order chi connectivity index (χ1) is 15.8. The van der Waals surface area contributed by atoms with E-state index in [0.717, 1.165) is 5.56 Å². The number of amides is 2. The molecule has 0 fully saturated rings. The van der Waals surface area contributed by atoms with Crippen LogP contribution in [0.3, 0.4) is 0 Å². The average Bonchev–Trinajstić information content (AvgIpc) is 3.23. The van der Waals surface area contributed by atoms with E-state index in [0.29, 0.717) is 39.5 Å². The van der Waals surface area contributed by atoms with Gasteiger partial charge in [-0.3, -0.25) is 9.59 Å². The minimum absolute atomic E-state index is 0.159. The summed E-state index contributed by atoms with van der Waals surface area (Å²) in [6, 6.07) is 12.0. The summed E-state index contributed by atoms with van der Waals surface area (Å²) in [7, 11) is 1.52. The zero-order chi connectivity index (χ0) is 24.0. The van der Waals surface area contributed by atoms with Crippen molar-refractivity contribution in [2.45, 2.75) is 38.5 Å². The Balaban J connectivity index is 1.66. The lowest BCUT2D eigenvalue weighted by Crippen LogP contribution is -2.29. The van der Waals surface area contributed by atoms with Gasteiger partial charge in [-0.1, -0.05) is 41.6 Å². The summed E-state index contributed by atoms with van der Waals surface area (Å²) in [5.74, 6) is 0.823. The molecule has 3 rings (SSSR count). The third kappa shape index (κ3) is 5.85. The highest BCUT2D eigenvalue weighted by molar-refractivity contribution is 7.99. The molecule has 1 atom stereocenters. The number of ether oxygens (including phenoxy) is 1. The molecule has 0 aliphatic heterocycles. The number of aromatic nitrogens is 3. The number of hydrogen-bond donors (Lipinski definition) is 2. The number of hydrogen-bond acceptors (Lipinski definition) is 6. The fourth-order valence-corrected chi connectivity index (χ4v) is 4.24. The van der Waals surface area contributed by atoms with E-state index in [4.69, 9.17) is 16.3 Å². The summed E-state index contributed by atoms with van der Waals surface area (Å²) < 4.78 is 7.16. The van der Waals surface area contributed by atoms with Crippen molar-refractivity contribution in [3.05, 3.63) is 64.4 Å². The quantitative estimate of drug-likeness (QED) is 0.431. The normalized spacial score (nSPS) is 11.7. The van der Waals surface area contributed by atoms with Crippen molar-refractivity contribution in [2.75, 3.05) is 18.2 Å². The molecule has 0 spiro atoms. The summed E-state index contributed by atoms with van der Waals surface area (Å²) in [5, 5.41) is 15.5. The van der Waals surface area contributed by atoms with Gasteiger partial charge in [0.05, 0.1) is 24.5 Å². The number of carbonyl (C=O) groups is 2. The Morgan fingerprint density at radius 3 is 2.67 bits per heavy atom. The highest BCUT2D eigenvalue weighted by Crippen LogP contribution is 2.25. The minimum atomic E-state index is -0.396. The van der Waals surface area contributed by atoms with E-state index in [1.165, 1.54) is 18.9 Å². The van der Waals surface area contributed by atoms with Gasteiger partial charge in [0.15, 0.2) is 11.0 Å². The van der Waals surface area contributed by atoms with Crippen LogP contribution in [0, 0.1) is 6.92 Å². The number of carbonyl (C=O) groups excluding carboxylic acids is 2. The number of benzene rings is 2. The third-order valence-corrected chi connectivity index (χ3v) is 6.40. The largest absolute Gasteiger partial charge is 0.496 e. The number of nitrogens with zero attached hydrogens (tertiary/aromatic N) is 3. The summed E-state index contributed by atoms with van der Waals surface area (Å²) in [5.41, 5.74) is 1.94. The molecular formula is C23H26ClN5O3S. The first-order valence-corrected chi connectivity index (χ1v) is 11.8. The first kappa shape index (κ1) is 24.6. The summed E-state index contributed by atoms with van der Waals surface area (Å²) in [6.07, 6.45) is 0. The fraction of sp³-hybridized carbons (Fsp3) is 0.304. The number of nitrogens with one attached hydrogen (secondary N) is 2. The van der Waals surface area contributed by atoms with Crippen LogP contribution in [0.1, 0.15) is 41.6 Å². The molecule has 33 heavy (non-hydrogen) atoms. The smallest absolute Gasteiger partial charge is 0.255 e. The molecule has 0 bridgehead atoms. The molecule has 10 heteroatoms. The van der Waals surface area contributed by atoms with Crippen LogP contribution in [0.15, 0.2) is 47.6 Å². The van der Waals surface area contributed by atoms with Crippen molar-refractivity contribution in [1.29, 1.82) is 0 Å². The lowest BCUT2D eigenvalue weighted by molar-refractivity contribution is -0.113. The van der Waals surface area contributed by atoms with E-state index >= 15 is 0 Å². The first-order valence-electron chi connectivity index (χ1n) is 10.4. The second kappa shape index (κ2) is 11.2. The summed E-state index contributed by atoms with van der Waals surface area (Å²) >= 11 is 7.40. The Labute approximate surface area is 202 Å². The van der Waals surface area contributed by atoms with E-state index < -0.39 is 6.04 Å². The van der Waals surface area contributed by atoms with Gasteiger partial charge in [-0.05, 0) is 50.6 Å². The predicted octanol–water partition coefficient (Wildman–Crippen LogP) is 4.49. The molecular weight excluding hydrogens is 462 g/mol.